The first kappa shape index (κ1) is 28.6. The van der Waals surface area contributed by atoms with Crippen LogP contribution in [0.1, 0.15) is 20.8 Å². The van der Waals surface area contributed by atoms with E-state index in [-0.39, 0.29) is 16.4 Å². The summed E-state index contributed by atoms with van der Waals surface area (Å²) in [6.07, 6.45) is 3.54. The fraction of sp³-hybridized carbons (Fsp3) is 0.391. The van der Waals surface area contributed by atoms with Crippen LogP contribution in [0.3, 0.4) is 0 Å². The molecule has 0 aliphatic carbocycles. The quantitative estimate of drug-likeness (QED) is 0.244. The molecule has 0 bridgehead atoms. The third kappa shape index (κ3) is 9.48. The lowest BCUT2D eigenvalue weighted by Gasteiger charge is -2.34. The van der Waals surface area contributed by atoms with Gasteiger partial charge in [-0.05, 0) is 81.8 Å². The van der Waals surface area contributed by atoms with E-state index in [4.69, 9.17) is 14.7 Å². The van der Waals surface area contributed by atoms with Crippen LogP contribution < -0.4 is 14.9 Å². The summed E-state index contributed by atoms with van der Waals surface area (Å²) in [5.41, 5.74) is 0.800. The highest BCUT2D eigenvalue weighted by atomic mass is 32.3. The maximum Gasteiger partial charge on any atom is 0.314 e. The average Bonchev–Trinajstić information content (AvgIpc) is 2.72. The van der Waals surface area contributed by atoms with Crippen molar-refractivity contribution in [2.75, 3.05) is 24.0 Å². The van der Waals surface area contributed by atoms with Gasteiger partial charge >= 0.3 is 5.97 Å². The molecule has 0 radical (unpaired) electrons. The topological polar surface area (TPSA) is 131 Å². The molecule has 0 saturated heterocycles. The molecule has 0 aliphatic heterocycles. The molecule has 0 saturated carbocycles. The predicted octanol–water partition coefficient (Wildman–Crippen LogP) is 3.18. The van der Waals surface area contributed by atoms with E-state index in [1.807, 2.05) is 0 Å². The van der Waals surface area contributed by atoms with E-state index in [0.29, 0.717) is 11.5 Å². The Kier molecular flexibility index (Phi) is 9.29. The van der Waals surface area contributed by atoms with Crippen molar-refractivity contribution >= 4 is 31.9 Å². The molecule has 2 aromatic carbocycles. The zero-order chi connectivity index (χ0) is 26.4. The highest BCUT2D eigenvalue weighted by molar-refractivity contribution is 8.33. The molecular weight excluding hydrogens is 499 g/mol. The van der Waals surface area contributed by atoms with Gasteiger partial charge in [-0.2, -0.15) is 4.72 Å². The zero-order valence-electron chi connectivity index (χ0n) is 20.2. The van der Waals surface area contributed by atoms with E-state index in [9.17, 15) is 22.4 Å². The molecule has 0 aliphatic rings. The minimum Gasteiger partial charge on any atom is -0.459 e. The number of carbonyl (C=O) groups is 2. The molecule has 1 unspecified atom stereocenters. The molecule has 12 heteroatoms. The third-order valence-electron chi connectivity index (χ3n) is 4.45. The Morgan fingerprint density at radius 1 is 1.00 bits per heavy atom. The van der Waals surface area contributed by atoms with Gasteiger partial charge in [-0.25, -0.2) is 28.3 Å². The summed E-state index contributed by atoms with van der Waals surface area (Å²) in [6.45, 7) is 5.21. The number of hydrogen-bond donors (Lipinski definition) is 3. The van der Waals surface area contributed by atoms with E-state index in [0.717, 1.165) is 0 Å². The predicted molar refractivity (Wildman–Crippen MR) is 132 cm³/mol. The van der Waals surface area contributed by atoms with Crippen molar-refractivity contribution in [1.29, 1.82) is 0 Å². The van der Waals surface area contributed by atoms with E-state index in [1.54, 1.807) is 33.3 Å². The number of hydrogen-bond acceptors (Lipinski definition) is 7. The summed E-state index contributed by atoms with van der Waals surface area (Å²) in [5.74, 6) is -1.13. The smallest absolute Gasteiger partial charge is 0.314 e. The molecule has 0 spiro atoms. The largest absolute Gasteiger partial charge is 0.459 e. The minimum absolute atomic E-state index is 0.0103. The summed E-state index contributed by atoms with van der Waals surface area (Å²) in [5, 5.41) is 9.14. The monoisotopic (exact) mass is 530 g/mol. The molecule has 0 heterocycles. The molecule has 194 valence electrons. The fourth-order valence-corrected chi connectivity index (χ4v) is 6.27. The first-order valence-electron chi connectivity index (χ1n) is 10.5. The summed E-state index contributed by atoms with van der Waals surface area (Å²) < 4.78 is 52.1. The van der Waals surface area contributed by atoms with E-state index in [2.05, 4.69) is 4.72 Å². The van der Waals surface area contributed by atoms with Crippen LogP contribution in [0.5, 0.6) is 11.5 Å². The minimum atomic E-state index is -4.17. The first-order chi connectivity index (χ1) is 16.1. The Morgan fingerprint density at radius 2 is 1.51 bits per heavy atom. The summed E-state index contributed by atoms with van der Waals surface area (Å²) >= 11 is 0. The van der Waals surface area contributed by atoms with Crippen LogP contribution in [-0.2, 0) is 24.3 Å². The average molecular weight is 531 g/mol. The Balaban J connectivity index is 2.13. The molecule has 1 atom stereocenters. The fourth-order valence-electron chi connectivity index (χ4n) is 3.02. The van der Waals surface area contributed by atoms with Crippen molar-refractivity contribution in [2.45, 2.75) is 37.3 Å². The van der Waals surface area contributed by atoms with Crippen molar-refractivity contribution in [1.82, 2.24) is 10.2 Å². The number of esters is 1. The standard InChI is InChI=1S/C23H31FN2O7S2/c1-23(2,3)33-21(27)15-34(4,5)14-20(22(28)25-29)26-35(30,31)19-12-10-18(11-13-19)32-17-8-6-16(24)7-9-17/h6-13,20,26,29H,14-15H2,1-5H3,(H,25,28). The van der Waals surface area contributed by atoms with Gasteiger partial charge in [0.25, 0.3) is 5.91 Å². The van der Waals surface area contributed by atoms with Gasteiger partial charge in [0.05, 0.1) is 10.6 Å². The number of halogens is 1. The number of hydroxylamine groups is 1. The Hall–Kier alpha value is -2.67. The van der Waals surface area contributed by atoms with Crippen molar-refractivity contribution in [2.24, 2.45) is 0 Å². The molecule has 2 rings (SSSR count). The van der Waals surface area contributed by atoms with E-state index in [1.165, 1.54) is 54.0 Å². The lowest BCUT2D eigenvalue weighted by Crippen LogP contribution is -2.49. The van der Waals surface area contributed by atoms with Crippen LogP contribution in [-0.4, -0.2) is 61.2 Å². The van der Waals surface area contributed by atoms with Gasteiger partial charge in [0, 0.05) is 5.75 Å². The van der Waals surface area contributed by atoms with Crippen LogP contribution in [0.15, 0.2) is 53.4 Å². The lowest BCUT2D eigenvalue weighted by molar-refractivity contribution is -0.151. The van der Waals surface area contributed by atoms with Crippen LogP contribution in [0.2, 0.25) is 0 Å². The maximum atomic E-state index is 13.0. The van der Waals surface area contributed by atoms with Crippen LogP contribution in [0, 0.1) is 5.82 Å². The van der Waals surface area contributed by atoms with Crippen molar-refractivity contribution in [3.05, 3.63) is 54.3 Å². The first-order valence-corrected chi connectivity index (χ1v) is 14.8. The van der Waals surface area contributed by atoms with Gasteiger partial charge < -0.3 is 9.47 Å². The number of carbonyl (C=O) groups excluding carboxylic acids is 2. The van der Waals surface area contributed by atoms with Crippen LogP contribution >= 0.6 is 10.0 Å². The number of ether oxygens (including phenoxy) is 2. The Labute approximate surface area is 206 Å². The Bertz CT molecular complexity index is 1130. The van der Waals surface area contributed by atoms with Gasteiger partial charge in [0.2, 0.25) is 10.0 Å². The van der Waals surface area contributed by atoms with E-state index >= 15 is 0 Å². The number of rotatable bonds is 10. The van der Waals surface area contributed by atoms with Crippen molar-refractivity contribution < 1.29 is 37.1 Å². The molecule has 0 fully saturated rings. The van der Waals surface area contributed by atoms with E-state index < -0.39 is 49.4 Å². The summed E-state index contributed by atoms with van der Waals surface area (Å²) in [7, 11) is -6.00. The lowest BCUT2D eigenvalue weighted by atomic mass is 10.2. The summed E-state index contributed by atoms with van der Waals surface area (Å²) in [4.78, 5) is 24.4. The van der Waals surface area contributed by atoms with Crippen molar-refractivity contribution in [3.8, 4) is 11.5 Å². The molecule has 9 nitrogen and oxygen atoms in total. The number of nitrogens with one attached hydrogen (secondary N) is 2. The molecule has 3 N–H and O–H groups in total. The molecular formula is C23H31FN2O7S2. The van der Waals surface area contributed by atoms with Gasteiger partial charge in [-0.3, -0.25) is 14.8 Å². The van der Waals surface area contributed by atoms with Gasteiger partial charge in [0.15, 0.2) is 0 Å². The van der Waals surface area contributed by atoms with Crippen molar-refractivity contribution in [3.63, 3.8) is 0 Å². The van der Waals surface area contributed by atoms with Crippen LogP contribution in [0.25, 0.3) is 0 Å². The zero-order valence-corrected chi connectivity index (χ0v) is 21.8. The number of benzene rings is 2. The highest BCUT2D eigenvalue weighted by Crippen LogP contribution is 2.40. The molecule has 1 amide bonds. The SMILES string of the molecule is CC(C)(C)OC(=O)CS(C)(C)CC(NS(=O)(=O)c1ccc(Oc2ccc(F)cc2)cc1)C(=O)NO. The normalized spacial score (nSPS) is 13.6. The third-order valence-corrected chi connectivity index (χ3v) is 8.19. The molecule has 35 heavy (non-hydrogen) atoms. The second kappa shape index (κ2) is 11.4. The van der Waals surface area contributed by atoms with Gasteiger partial charge in [-0.1, -0.05) is 0 Å². The number of sulfonamides is 1. The molecule has 0 aromatic heterocycles. The summed E-state index contributed by atoms with van der Waals surface area (Å²) in [6, 6.07) is 9.40. The second-order valence-electron chi connectivity index (χ2n) is 9.34. The molecule has 2 aromatic rings. The maximum absolute atomic E-state index is 13.0. The van der Waals surface area contributed by atoms with Gasteiger partial charge in [-0.15, -0.1) is 0 Å². The second-order valence-corrected chi connectivity index (χ2v) is 15.2. The van der Waals surface area contributed by atoms with Gasteiger partial charge in [0.1, 0.15) is 29.0 Å². The Morgan fingerprint density at radius 3 is 2.00 bits per heavy atom. The van der Waals surface area contributed by atoms with Crippen LogP contribution in [0.4, 0.5) is 4.39 Å². The highest BCUT2D eigenvalue weighted by Gasteiger charge is 2.32. The number of amides is 1.